The van der Waals surface area contributed by atoms with Crippen LogP contribution in [-0.4, -0.2) is 4.98 Å². The molecular weight excluding hydrogens is 208 g/mol. The second-order valence-corrected chi connectivity index (χ2v) is 4.59. The molecule has 1 aliphatic carbocycles. The molecule has 3 rings (SSSR count). The minimum absolute atomic E-state index is 0.146. The van der Waals surface area contributed by atoms with Crippen LogP contribution in [-0.2, 0) is 12.8 Å². The Balaban J connectivity index is 2.01. The van der Waals surface area contributed by atoms with Crippen molar-refractivity contribution >= 4 is 0 Å². The zero-order valence-corrected chi connectivity index (χ0v) is 9.61. The maximum absolute atomic E-state index is 9.34. The highest BCUT2D eigenvalue weighted by Crippen LogP contribution is 2.29. The first-order chi connectivity index (χ1) is 8.38. The van der Waals surface area contributed by atoms with Gasteiger partial charge in [-0.2, -0.15) is 5.26 Å². The van der Waals surface area contributed by atoms with Crippen molar-refractivity contribution in [3.8, 4) is 6.07 Å². The zero-order valence-electron chi connectivity index (χ0n) is 9.61. The first-order valence-electron chi connectivity index (χ1n) is 6.02. The number of aromatic nitrogens is 1. The molecule has 0 saturated carbocycles. The average Bonchev–Trinajstić information content (AvgIpc) is 2.99. The average molecular weight is 222 g/mol. The molecule has 0 amide bonds. The Hall–Kier alpha value is -2.01. The SMILES string of the molecule is N#CC(c1cc[nH]c1)c1ccc2c(c1)CCC2. The van der Waals surface area contributed by atoms with Crippen LogP contribution in [0.4, 0.5) is 0 Å². The highest BCUT2D eigenvalue weighted by Gasteiger charge is 2.17. The van der Waals surface area contributed by atoms with Crippen LogP contribution in [0.25, 0.3) is 0 Å². The number of aromatic amines is 1. The fraction of sp³-hybridized carbons (Fsp3) is 0.267. The van der Waals surface area contributed by atoms with E-state index >= 15 is 0 Å². The monoisotopic (exact) mass is 222 g/mol. The number of H-pyrrole nitrogens is 1. The van der Waals surface area contributed by atoms with Crippen LogP contribution in [0.5, 0.6) is 0 Å². The summed E-state index contributed by atoms with van der Waals surface area (Å²) in [5.41, 5.74) is 5.05. The quantitative estimate of drug-likeness (QED) is 0.833. The van der Waals surface area contributed by atoms with Crippen LogP contribution in [0, 0.1) is 11.3 Å². The molecule has 0 saturated heterocycles. The van der Waals surface area contributed by atoms with E-state index in [0.29, 0.717) is 0 Å². The first kappa shape index (κ1) is 10.2. The van der Waals surface area contributed by atoms with Crippen LogP contribution in [0.2, 0.25) is 0 Å². The second kappa shape index (κ2) is 4.10. The van der Waals surface area contributed by atoms with Crippen LogP contribution in [0.3, 0.4) is 0 Å². The maximum atomic E-state index is 9.34. The van der Waals surface area contributed by atoms with Crippen molar-refractivity contribution in [2.45, 2.75) is 25.2 Å². The summed E-state index contributed by atoms with van der Waals surface area (Å²) in [5, 5.41) is 9.34. The molecule has 1 aromatic carbocycles. The molecule has 2 aromatic rings. The molecule has 0 bridgehead atoms. The molecular formula is C15H14N2. The van der Waals surface area contributed by atoms with E-state index in [4.69, 9.17) is 0 Å². The molecule has 0 spiro atoms. The largest absolute Gasteiger partial charge is 0.367 e. The van der Waals surface area contributed by atoms with E-state index in [1.165, 1.54) is 24.0 Å². The summed E-state index contributed by atoms with van der Waals surface area (Å²) in [4.78, 5) is 3.02. The number of fused-ring (bicyclic) bond motifs is 1. The number of hydrogen-bond donors (Lipinski definition) is 1. The molecule has 1 aliphatic rings. The van der Waals surface area contributed by atoms with E-state index in [9.17, 15) is 5.26 Å². The molecule has 0 fully saturated rings. The predicted molar refractivity (Wildman–Crippen MR) is 66.7 cm³/mol. The van der Waals surface area contributed by atoms with E-state index < -0.39 is 0 Å². The Morgan fingerprint density at radius 1 is 1.12 bits per heavy atom. The molecule has 84 valence electrons. The third-order valence-electron chi connectivity index (χ3n) is 3.54. The van der Waals surface area contributed by atoms with Crippen LogP contribution in [0.1, 0.15) is 34.6 Å². The van der Waals surface area contributed by atoms with Gasteiger partial charge in [0.1, 0.15) is 0 Å². The van der Waals surface area contributed by atoms with Gasteiger partial charge in [-0.25, -0.2) is 0 Å². The maximum Gasteiger partial charge on any atom is 0.0977 e. The third kappa shape index (κ3) is 1.74. The van der Waals surface area contributed by atoms with Gasteiger partial charge in [-0.3, -0.25) is 0 Å². The number of benzene rings is 1. The molecule has 1 atom stereocenters. The molecule has 0 aliphatic heterocycles. The van der Waals surface area contributed by atoms with Crippen molar-refractivity contribution in [2.24, 2.45) is 0 Å². The molecule has 1 unspecified atom stereocenters. The molecule has 1 aromatic heterocycles. The number of nitriles is 1. The molecule has 0 radical (unpaired) electrons. The van der Waals surface area contributed by atoms with E-state index in [1.54, 1.807) is 0 Å². The molecule has 1 N–H and O–H groups in total. The number of rotatable bonds is 2. The lowest BCUT2D eigenvalue weighted by Gasteiger charge is -2.09. The van der Waals surface area contributed by atoms with Crippen molar-refractivity contribution in [1.29, 1.82) is 5.26 Å². The van der Waals surface area contributed by atoms with Crippen molar-refractivity contribution in [3.63, 3.8) is 0 Å². The third-order valence-corrected chi connectivity index (χ3v) is 3.54. The van der Waals surface area contributed by atoms with Gasteiger partial charge in [-0.1, -0.05) is 18.2 Å². The van der Waals surface area contributed by atoms with Crippen molar-refractivity contribution in [1.82, 2.24) is 4.98 Å². The Bertz CT molecular complexity index is 561. The van der Waals surface area contributed by atoms with Gasteiger partial charge < -0.3 is 4.98 Å². The number of nitrogens with zero attached hydrogens (tertiary/aromatic N) is 1. The van der Waals surface area contributed by atoms with Gasteiger partial charge in [0.15, 0.2) is 0 Å². The summed E-state index contributed by atoms with van der Waals surface area (Å²) in [6.45, 7) is 0. The van der Waals surface area contributed by atoms with Gasteiger partial charge in [-0.05, 0) is 47.6 Å². The highest BCUT2D eigenvalue weighted by molar-refractivity contribution is 5.42. The minimum Gasteiger partial charge on any atom is -0.367 e. The van der Waals surface area contributed by atoms with E-state index in [0.717, 1.165) is 17.5 Å². The van der Waals surface area contributed by atoms with Crippen LogP contribution < -0.4 is 0 Å². The van der Waals surface area contributed by atoms with Gasteiger partial charge in [0, 0.05) is 12.4 Å². The van der Waals surface area contributed by atoms with E-state index in [1.807, 2.05) is 18.5 Å². The predicted octanol–water partition coefficient (Wildman–Crippen LogP) is 3.16. The van der Waals surface area contributed by atoms with Gasteiger partial charge in [0.25, 0.3) is 0 Å². The van der Waals surface area contributed by atoms with Gasteiger partial charge >= 0.3 is 0 Å². The van der Waals surface area contributed by atoms with Crippen molar-refractivity contribution in [2.75, 3.05) is 0 Å². The lowest BCUT2D eigenvalue weighted by molar-refractivity contribution is 0.911. The molecule has 2 nitrogen and oxygen atoms in total. The number of hydrogen-bond acceptors (Lipinski definition) is 1. The Morgan fingerprint density at radius 3 is 2.76 bits per heavy atom. The molecule has 17 heavy (non-hydrogen) atoms. The lowest BCUT2D eigenvalue weighted by Crippen LogP contribution is -1.98. The van der Waals surface area contributed by atoms with Gasteiger partial charge in [0.05, 0.1) is 12.0 Å². The summed E-state index contributed by atoms with van der Waals surface area (Å²) in [6.07, 6.45) is 7.37. The normalized spacial score (nSPS) is 15.2. The van der Waals surface area contributed by atoms with Crippen LogP contribution >= 0.6 is 0 Å². The van der Waals surface area contributed by atoms with Crippen LogP contribution in [0.15, 0.2) is 36.7 Å². The molecule has 1 heterocycles. The molecule has 2 heteroatoms. The number of aryl methyl sites for hydroxylation is 2. The first-order valence-corrected chi connectivity index (χ1v) is 6.02. The highest BCUT2D eigenvalue weighted by atomic mass is 14.6. The Kier molecular flexibility index (Phi) is 2.45. The topological polar surface area (TPSA) is 39.6 Å². The van der Waals surface area contributed by atoms with Crippen molar-refractivity contribution in [3.05, 3.63) is 58.9 Å². The minimum atomic E-state index is -0.146. The summed E-state index contributed by atoms with van der Waals surface area (Å²) in [6, 6.07) is 10.9. The zero-order chi connectivity index (χ0) is 11.7. The van der Waals surface area contributed by atoms with Crippen molar-refractivity contribution < 1.29 is 0 Å². The summed E-state index contributed by atoms with van der Waals surface area (Å²) >= 11 is 0. The second-order valence-electron chi connectivity index (χ2n) is 4.59. The fourth-order valence-corrected chi connectivity index (χ4v) is 2.63. The summed E-state index contributed by atoms with van der Waals surface area (Å²) in [7, 11) is 0. The van der Waals surface area contributed by atoms with Gasteiger partial charge in [-0.15, -0.1) is 0 Å². The summed E-state index contributed by atoms with van der Waals surface area (Å²) < 4.78 is 0. The Morgan fingerprint density at radius 2 is 2.00 bits per heavy atom. The summed E-state index contributed by atoms with van der Waals surface area (Å²) in [5.74, 6) is -0.146. The standard InChI is InChI=1S/C15H14N2/c16-9-15(14-6-7-17-10-14)13-5-4-11-2-1-3-12(11)8-13/h4-8,10,15,17H,1-3H2. The lowest BCUT2D eigenvalue weighted by atomic mass is 9.92. The number of nitrogens with one attached hydrogen (secondary N) is 1. The fourth-order valence-electron chi connectivity index (χ4n) is 2.63. The Labute approximate surface area is 101 Å². The smallest absolute Gasteiger partial charge is 0.0977 e. The van der Waals surface area contributed by atoms with Gasteiger partial charge in [0.2, 0.25) is 0 Å². The van der Waals surface area contributed by atoms with E-state index in [2.05, 4.69) is 29.3 Å². The van der Waals surface area contributed by atoms with E-state index in [-0.39, 0.29) is 5.92 Å².